The Hall–Kier alpha value is -2.08. The second-order valence-electron chi connectivity index (χ2n) is 4.91. The summed E-state index contributed by atoms with van der Waals surface area (Å²) in [7, 11) is 0. The lowest BCUT2D eigenvalue weighted by atomic mass is 10.0. The van der Waals surface area contributed by atoms with Gasteiger partial charge in [-0.25, -0.2) is 9.78 Å². The number of aryl methyl sites for hydroxylation is 1. The van der Waals surface area contributed by atoms with Crippen LogP contribution >= 0.6 is 11.8 Å². The third-order valence-electron chi connectivity index (χ3n) is 3.57. The molecule has 3 heterocycles. The smallest absolute Gasteiger partial charge is 0.320 e. The van der Waals surface area contributed by atoms with E-state index in [0.29, 0.717) is 12.4 Å². The van der Waals surface area contributed by atoms with E-state index >= 15 is 0 Å². The van der Waals surface area contributed by atoms with Gasteiger partial charge < -0.3 is 5.73 Å². The number of carbonyl (C=O) groups is 1. The fourth-order valence-corrected chi connectivity index (χ4v) is 2.94. The van der Waals surface area contributed by atoms with Gasteiger partial charge in [0.05, 0.1) is 0 Å². The van der Waals surface area contributed by atoms with Crippen molar-refractivity contribution in [3.8, 4) is 11.1 Å². The van der Waals surface area contributed by atoms with Gasteiger partial charge in [0, 0.05) is 41.2 Å². The molecule has 0 unspecified atom stereocenters. The van der Waals surface area contributed by atoms with Crippen LogP contribution < -0.4 is 10.6 Å². The Bertz CT molecular complexity index is 689. The maximum atomic E-state index is 11.5. The van der Waals surface area contributed by atoms with Gasteiger partial charge in [-0.3, -0.25) is 9.88 Å². The van der Waals surface area contributed by atoms with E-state index in [9.17, 15) is 4.79 Å². The van der Waals surface area contributed by atoms with Crippen LogP contribution in [0.25, 0.3) is 11.1 Å². The van der Waals surface area contributed by atoms with Gasteiger partial charge in [0.25, 0.3) is 0 Å². The van der Waals surface area contributed by atoms with Crippen molar-refractivity contribution >= 4 is 23.6 Å². The Morgan fingerprint density at radius 3 is 2.86 bits per heavy atom. The standard InChI is InChI=1S/C15H16N4OS/c1-21-13-6-12(7-17-9-13)11-5-10-3-2-4-19(15(16)20)14(10)18-8-11/h5-9H,2-4H2,1H3,(H2,16,20). The molecule has 108 valence electrons. The second-order valence-corrected chi connectivity index (χ2v) is 5.79. The lowest BCUT2D eigenvalue weighted by Gasteiger charge is -2.26. The molecule has 0 fully saturated rings. The number of hydrogen-bond acceptors (Lipinski definition) is 4. The molecular weight excluding hydrogens is 284 g/mol. The highest BCUT2D eigenvalue weighted by Crippen LogP contribution is 2.30. The van der Waals surface area contributed by atoms with E-state index in [-0.39, 0.29) is 0 Å². The van der Waals surface area contributed by atoms with Gasteiger partial charge in [-0.05, 0) is 36.8 Å². The molecule has 1 aliphatic heterocycles. The Kier molecular flexibility index (Phi) is 3.79. The number of thioether (sulfide) groups is 1. The zero-order valence-electron chi connectivity index (χ0n) is 11.7. The van der Waals surface area contributed by atoms with Crippen molar-refractivity contribution in [2.45, 2.75) is 17.7 Å². The fourth-order valence-electron chi connectivity index (χ4n) is 2.52. The number of urea groups is 1. The first-order valence-corrected chi connectivity index (χ1v) is 7.97. The molecule has 0 saturated heterocycles. The number of rotatable bonds is 2. The van der Waals surface area contributed by atoms with Crippen molar-refractivity contribution < 1.29 is 4.79 Å². The van der Waals surface area contributed by atoms with E-state index in [4.69, 9.17) is 5.73 Å². The first-order valence-electron chi connectivity index (χ1n) is 6.74. The predicted octanol–water partition coefficient (Wildman–Crippen LogP) is 2.70. The molecule has 21 heavy (non-hydrogen) atoms. The first kappa shape index (κ1) is 13.9. The summed E-state index contributed by atoms with van der Waals surface area (Å²) in [6.07, 6.45) is 9.30. The lowest BCUT2D eigenvalue weighted by Crippen LogP contribution is -2.40. The molecule has 6 heteroatoms. The van der Waals surface area contributed by atoms with E-state index in [1.54, 1.807) is 22.9 Å². The maximum Gasteiger partial charge on any atom is 0.320 e. The average molecular weight is 300 g/mol. The number of nitrogens with two attached hydrogens (primary N) is 1. The molecule has 2 aromatic rings. The molecule has 0 aliphatic carbocycles. The second kappa shape index (κ2) is 5.73. The molecule has 0 radical (unpaired) electrons. The number of amides is 2. The molecular formula is C15H16N4OS. The third-order valence-corrected chi connectivity index (χ3v) is 4.27. The quantitative estimate of drug-likeness (QED) is 0.866. The van der Waals surface area contributed by atoms with Crippen molar-refractivity contribution in [1.82, 2.24) is 9.97 Å². The highest BCUT2D eigenvalue weighted by atomic mass is 32.2. The van der Waals surface area contributed by atoms with Crippen molar-refractivity contribution in [1.29, 1.82) is 0 Å². The number of nitrogens with zero attached hydrogens (tertiary/aromatic N) is 3. The van der Waals surface area contributed by atoms with Crippen LogP contribution in [0.15, 0.2) is 35.6 Å². The van der Waals surface area contributed by atoms with Crippen LogP contribution in [0.1, 0.15) is 12.0 Å². The summed E-state index contributed by atoms with van der Waals surface area (Å²) >= 11 is 1.66. The summed E-state index contributed by atoms with van der Waals surface area (Å²) in [5.74, 6) is 0.687. The van der Waals surface area contributed by atoms with Crippen LogP contribution in [-0.4, -0.2) is 28.8 Å². The van der Waals surface area contributed by atoms with Gasteiger partial charge in [-0.2, -0.15) is 0 Å². The van der Waals surface area contributed by atoms with Gasteiger partial charge in [0.15, 0.2) is 0 Å². The van der Waals surface area contributed by atoms with Gasteiger partial charge in [-0.1, -0.05) is 0 Å². The van der Waals surface area contributed by atoms with Crippen molar-refractivity contribution in [2.24, 2.45) is 5.73 Å². The molecule has 2 aromatic heterocycles. The minimum Gasteiger partial charge on any atom is -0.351 e. The van der Waals surface area contributed by atoms with E-state index < -0.39 is 6.03 Å². The Morgan fingerprint density at radius 1 is 1.29 bits per heavy atom. The number of carbonyl (C=O) groups excluding carboxylic acids is 1. The molecule has 5 nitrogen and oxygen atoms in total. The molecule has 2 N–H and O–H groups in total. The van der Waals surface area contributed by atoms with Gasteiger partial charge >= 0.3 is 6.03 Å². The molecule has 0 atom stereocenters. The minimum absolute atomic E-state index is 0.442. The largest absolute Gasteiger partial charge is 0.351 e. The van der Waals surface area contributed by atoms with E-state index in [1.165, 1.54) is 0 Å². The highest BCUT2D eigenvalue weighted by molar-refractivity contribution is 7.98. The summed E-state index contributed by atoms with van der Waals surface area (Å²) in [5.41, 5.74) is 8.52. The number of anilines is 1. The Morgan fingerprint density at radius 2 is 2.10 bits per heavy atom. The molecule has 3 rings (SSSR count). The summed E-state index contributed by atoms with van der Waals surface area (Å²) < 4.78 is 0. The monoisotopic (exact) mass is 300 g/mol. The maximum absolute atomic E-state index is 11.5. The van der Waals surface area contributed by atoms with Crippen molar-refractivity contribution in [3.05, 3.63) is 36.3 Å². The molecule has 0 saturated carbocycles. The van der Waals surface area contributed by atoms with Crippen molar-refractivity contribution in [2.75, 3.05) is 17.7 Å². The minimum atomic E-state index is -0.442. The summed E-state index contributed by atoms with van der Waals surface area (Å²) in [5, 5.41) is 0. The van der Waals surface area contributed by atoms with Crippen LogP contribution in [-0.2, 0) is 6.42 Å². The summed E-state index contributed by atoms with van der Waals surface area (Å²) in [6.45, 7) is 0.637. The number of fused-ring (bicyclic) bond motifs is 1. The Balaban J connectivity index is 2.01. The van der Waals surface area contributed by atoms with Gasteiger partial charge in [-0.15, -0.1) is 11.8 Å². The number of pyridine rings is 2. The number of aromatic nitrogens is 2. The van der Waals surface area contributed by atoms with Crippen LogP contribution in [0.2, 0.25) is 0 Å². The topological polar surface area (TPSA) is 72.1 Å². The van der Waals surface area contributed by atoms with E-state index in [0.717, 1.165) is 34.4 Å². The van der Waals surface area contributed by atoms with Crippen LogP contribution in [0.4, 0.5) is 10.6 Å². The molecule has 0 bridgehead atoms. The van der Waals surface area contributed by atoms with Crippen LogP contribution in [0.3, 0.4) is 0 Å². The van der Waals surface area contributed by atoms with E-state index in [2.05, 4.69) is 22.1 Å². The Labute approximate surface area is 127 Å². The molecule has 0 spiro atoms. The number of primary amides is 1. The third kappa shape index (κ3) is 2.71. The van der Waals surface area contributed by atoms with Crippen LogP contribution in [0.5, 0.6) is 0 Å². The van der Waals surface area contributed by atoms with Crippen LogP contribution in [0, 0.1) is 0 Å². The van der Waals surface area contributed by atoms with E-state index in [1.807, 2.05) is 18.6 Å². The lowest BCUT2D eigenvalue weighted by molar-refractivity contribution is 0.253. The predicted molar refractivity (Wildman–Crippen MR) is 84.5 cm³/mol. The van der Waals surface area contributed by atoms with Gasteiger partial charge in [0.2, 0.25) is 0 Å². The SMILES string of the molecule is CSc1cncc(-c2cnc3c(c2)CCCN3C(N)=O)c1. The number of hydrogen-bond donors (Lipinski definition) is 1. The molecule has 1 aliphatic rings. The fraction of sp³-hybridized carbons (Fsp3) is 0.267. The summed E-state index contributed by atoms with van der Waals surface area (Å²) in [4.78, 5) is 22.8. The molecule has 0 aromatic carbocycles. The first-order chi connectivity index (χ1) is 10.2. The summed E-state index contributed by atoms with van der Waals surface area (Å²) in [6, 6.07) is 3.73. The van der Waals surface area contributed by atoms with Gasteiger partial charge in [0.1, 0.15) is 5.82 Å². The zero-order valence-corrected chi connectivity index (χ0v) is 12.6. The average Bonchev–Trinajstić information content (AvgIpc) is 2.53. The van der Waals surface area contributed by atoms with Crippen molar-refractivity contribution in [3.63, 3.8) is 0 Å². The normalized spacial score (nSPS) is 13.9. The zero-order chi connectivity index (χ0) is 14.8. The highest BCUT2D eigenvalue weighted by Gasteiger charge is 2.22. The molecule has 2 amide bonds.